The second-order valence-electron chi connectivity index (χ2n) is 6.93. The number of hydrogen-bond acceptors (Lipinski definition) is 11. The summed E-state index contributed by atoms with van der Waals surface area (Å²) in [5.41, 5.74) is 1.01. The van der Waals surface area contributed by atoms with Crippen LogP contribution in [0.4, 0.5) is 0 Å². The van der Waals surface area contributed by atoms with E-state index in [9.17, 15) is 24.3 Å². The van der Waals surface area contributed by atoms with E-state index in [2.05, 4.69) is 20.5 Å². The number of carbonyl (C=O) groups excluding carboxylic acids is 2. The number of carboxylic acids is 2. The summed E-state index contributed by atoms with van der Waals surface area (Å²) in [6.45, 7) is 0. The molecule has 2 aliphatic heterocycles. The SMILES string of the molecule is N=c1[nH]c(CC(=O)NC2C(=O)N3C(C(=O)O)=C(CSc4nnc(CC(=O)O)s4)CS[C@H]23)cs1.[NaH].[NaH]. The van der Waals surface area contributed by atoms with Gasteiger partial charge in [-0.3, -0.25) is 24.7 Å². The molecule has 35 heavy (non-hydrogen) atoms. The minimum absolute atomic E-state index is 0. The van der Waals surface area contributed by atoms with E-state index in [1.54, 1.807) is 5.38 Å². The van der Waals surface area contributed by atoms with Crippen LogP contribution < -0.4 is 10.1 Å². The number of carboxylic acid groups (broad SMARTS) is 2. The predicted molar refractivity (Wildman–Crippen MR) is 134 cm³/mol. The molecule has 2 aromatic rings. The third-order valence-corrected chi connectivity index (χ3v) is 8.85. The molecule has 1 fully saturated rings. The monoisotopic (exact) mass is 576 g/mol. The van der Waals surface area contributed by atoms with Gasteiger partial charge in [0.15, 0.2) is 9.14 Å². The fourth-order valence-corrected chi connectivity index (χ4v) is 7.22. The average molecular weight is 577 g/mol. The van der Waals surface area contributed by atoms with Gasteiger partial charge in [-0.1, -0.05) is 23.1 Å². The first-order valence-corrected chi connectivity index (χ1v) is 13.0. The van der Waals surface area contributed by atoms with Crippen LogP contribution in [0.2, 0.25) is 0 Å². The van der Waals surface area contributed by atoms with Gasteiger partial charge in [-0.15, -0.1) is 33.3 Å². The van der Waals surface area contributed by atoms with E-state index < -0.39 is 35.2 Å². The van der Waals surface area contributed by atoms with Crippen LogP contribution in [0.15, 0.2) is 21.0 Å². The molecule has 4 rings (SSSR count). The fraction of sp³-hybridized carbons (Fsp3) is 0.353. The number of aromatic nitrogens is 3. The normalized spacial score (nSPS) is 18.6. The molecular formula is C17H18N6Na2O6S4. The Balaban J connectivity index is 0.00000216. The molecule has 0 radical (unpaired) electrons. The molecule has 0 saturated carbocycles. The van der Waals surface area contributed by atoms with E-state index >= 15 is 0 Å². The Morgan fingerprint density at radius 2 is 2.00 bits per heavy atom. The molecule has 2 atom stereocenters. The van der Waals surface area contributed by atoms with E-state index in [1.807, 2.05) is 0 Å². The first kappa shape index (κ1) is 30.5. The van der Waals surface area contributed by atoms with Crippen LogP contribution >= 0.6 is 46.2 Å². The molecular weight excluding hydrogens is 558 g/mol. The number of β-lactam (4-membered cyclic amide) rings is 1. The van der Waals surface area contributed by atoms with Crippen molar-refractivity contribution in [1.29, 1.82) is 5.41 Å². The van der Waals surface area contributed by atoms with Crippen LogP contribution in [0.1, 0.15) is 10.7 Å². The molecule has 2 aliphatic rings. The fourth-order valence-electron chi connectivity index (χ4n) is 3.26. The van der Waals surface area contributed by atoms with Crippen molar-refractivity contribution in [3.8, 4) is 0 Å². The Bertz CT molecular complexity index is 1230. The number of amides is 2. The summed E-state index contributed by atoms with van der Waals surface area (Å²) in [5, 5.41) is 37.9. The molecule has 0 aliphatic carbocycles. The molecule has 1 saturated heterocycles. The van der Waals surface area contributed by atoms with E-state index in [1.165, 1.54) is 28.4 Å². The topological polar surface area (TPSA) is 189 Å². The van der Waals surface area contributed by atoms with Crippen molar-refractivity contribution in [2.75, 3.05) is 11.5 Å². The van der Waals surface area contributed by atoms with E-state index in [0.717, 1.165) is 22.7 Å². The summed E-state index contributed by atoms with van der Waals surface area (Å²) in [5.74, 6) is -2.51. The Hall–Kier alpha value is -0.690. The Morgan fingerprint density at radius 3 is 2.63 bits per heavy atom. The number of nitrogens with zero attached hydrogens (tertiary/aromatic N) is 3. The number of aliphatic carboxylic acids is 2. The molecule has 2 amide bonds. The van der Waals surface area contributed by atoms with Gasteiger partial charge in [0.25, 0.3) is 5.91 Å². The number of nitrogens with one attached hydrogen (secondary N) is 3. The van der Waals surface area contributed by atoms with E-state index in [-0.39, 0.29) is 88.2 Å². The zero-order valence-electron chi connectivity index (χ0n) is 16.6. The maximum absolute atomic E-state index is 12.7. The van der Waals surface area contributed by atoms with Gasteiger partial charge in [0.2, 0.25) is 5.91 Å². The van der Waals surface area contributed by atoms with Crippen molar-refractivity contribution in [3.63, 3.8) is 0 Å². The van der Waals surface area contributed by atoms with Crippen molar-refractivity contribution in [2.24, 2.45) is 0 Å². The Morgan fingerprint density at radius 1 is 1.26 bits per heavy atom. The third kappa shape index (κ3) is 7.21. The van der Waals surface area contributed by atoms with Gasteiger partial charge < -0.3 is 20.5 Å². The third-order valence-electron chi connectivity index (χ3n) is 4.63. The number of thiazole rings is 1. The first-order valence-electron chi connectivity index (χ1n) is 9.30. The first-order chi connectivity index (χ1) is 15.7. The second kappa shape index (κ2) is 13.2. The van der Waals surface area contributed by atoms with Crippen molar-refractivity contribution in [1.82, 2.24) is 25.4 Å². The van der Waals surface area contributed by atoms with Gasteiger partial charge in [0, 0.05) is 22.6 Å². The number of rotatable bonds is 9. The minimum atomic E-state index is -1.23. The molecule has 0 spiro atoms. The van der Waals surface area contributed by atoms with E-state index in [0.29, 0.717) is 26.4 Å². The number of aromatic amines is 1. The van der Waals surface area contributed by atoms with Crippen molar-refractivity contribution in [3.05, 3.63) is 32.2 Å². The number of fused-ring (bicyclic) bond motifs is 1. The van der Waals surface area contributed by atoms with Crippen LogP contribution in [0.5, 0.6) is 0 Å². The Labute approximate surface area is 258 Å². The summed E-state index contributed by atoms with van der Waals surface area (Å²) >= 11 is 4.88. The van der Waals surface area contributed by atoms with Crippen LogP contribution in [0, 0.1) is 5.41 Å². The Kier molecular flexibility index (Phi) is 11.5. The van der Waals surface area contributed by atoms with Crippen molar-refractivity contribution < 1.29 is 29.4 Å². The van der Waals surface area contributed by atoms with Crippen molar-refractivity contribution >= 4 is 129 Å². The van der Waals surface area contributed by atoms with Gasteiger partial charge in [0.1, 0.15) is 22.1 Å². The van der Waals surface area contributed by atoms with E-state index in [4.69, 9.17) is 10.5 Å². The summed E-state index contributed by atoms with van der Waals surface area (Å²) in [7, 11) is 0. The molecule has 18 heteroatoms. The molecule has 12 nitrogen and oxygen atoms in total. The molecule has 5 N–H and O–H groups in total. The number of carbonyl (C=O) groups is 4. The van der Waals surface area contributed by atoms with Crippen LogP contribution in [0.3, 0.4) is 0 Å². The zero-order chi connectivity index (χ0) is 23.7. The maximum atomic E-state index is 12.7. The van der Waals surface area contributed by atoms with Gasteiger partial charge in [0.05, 0.1) is 12.8 Å². The number of thioether (sulfide) groups is 2. The number of hydrogen-bond donors (Lipinski definition) is 5. The van der Waals surface area contributed by atoms with Gasteiger partial charge in [-0.05, 0) is 5.57 Å². The summed E-state index contributed by atoms with van der Waals surface area (Å²) in [6.07, 6.45) is -0.241. The zero-order valence-corrected chi connectivity index (χ0v) is 19.8. The quantitative estimate of drug-likeness (QED) is 0.138. The second-order valence-corrected chi connectivity index (χ2v) is 11.2. The molecule has 0 aromatic carbocycles. The molecule has 0 bridgehead atoms. The summed E-state index contributed by atoms with van der Waals surface area (Å²) in [4.78, 5) is 51.9. The van der Waals surface area contributed by atoms with Gasteiger partial charge in [-0.2, -0.15) is 0 Å². The van der Waals surface area contributed by atoms with Crippen LogP contribution in [0.25, 0.3) is 0 Å². The molecule has 2 aromatic heterocycles. The van der Waals surface area contributed by atoms with Crippen LogP contribution in [-0.4, -0.2) is 136 Å². The van der Waals surface area contributed by atoms with Crippen molar-refractivity contribution in [2.45, 2.75) is 28.6 Å². The molecule has 178 valence electrons. The summed E-state index contributed by atoms with van der Waals surface area (Å²) in [6, 6.07) is -0.818. The van der Waals surface area contributed by atoms with Gasteiger partial charge in [-0.25, -0.2) is 4.79 Å². The molecule has 1 unspecified atom stereocenters. The van der Waals surface area contributed by atoms with Gasteiger partial charge >= 0.3 is 71.1 Å². The average Bonchev–Trinajstić information content (AvgIpc) is 3.37. The number of H-pyrrole nitrogens is 1. The summed E-state index contributed by atoms with van der Waals surface area (Å²) < 4.78 is 0.511. The standard InChI is InChI=1S/C17H16N6O6S4.2Na.2H/c18-16-19-7(5-31-16)1-8(24)20-11-13(27)23-12(15(28)29)6(3-30-14(11)23)4-32-17-22-21-9(33-17)2-10(25)26;;;;/h5,11,14H,1-4H2,(H2,18,19)(H,20,24)(H,25,26)(H,28,29);;;;/t11?,14-;;;;/m1..../s1. The van der Waals surface area contributed by atoms with Crippen LogP contribution in [-0.2, 0) is 32.0 Å². The predicted octanol–water partition coefficient (Wildman–Crippen LogP) is -1.19. The molecule has 4 heterocycles.